The fourth-order valence-electron chi connectivity index (χ4n) is 6.07. The van der Waals surface area contributed by atoms with Crippen LogP contribution in [0, 0.1) is 11.3 Å². The highest BCUT2D eigenvalue weighted by Crippen LogP contribution is 2.37. The molecular formula is C37H36F2N6O5. The molecule has 0 radical (unpaired) electrons. The molecule has 258 valence electrons. The number of anilines is 2. The summed E-state index contributed by atoms with van der Waals surface area (Å²) in [5.74, 6) is -4.05. The molecule has 50 heavy (non-hydrogen) atoms. The third-order valence-electron chi connectivity index (χ3n) is 8.48. The molecule has 6 rings (SSSR count). The number of benzene rings is 3. The van der Waals surface area contributed by atoms with Crippen molar-refractivity contribution >= 4 is 29.3 Å². The Kier molecular flexibility index (Phi) is 9.05. The van der Waals surface area contributed by atoms with Gasteiger partial charge in [0.05, 0.1) is 36.5 Å². The van der Waals surface area contributed by atoms with Crippen LogP contribution >= 0.6 is 0 Å². The number of halogens is 2. The van der Waals surface area contributed by atoms with Gasteiger partial charge < -0.3 is 24.6 Å². The maximum Gasteiger partial charge on any atom is 0.410 e. The van der Waals surface area contributed by atoms with Gasteiger partial charge in [0, 0.05) is 35.5 Å². The van der Waals surface area contributed by atoms with Gasteiger partial charge in [-0.1, -0.05) is 42.5 Å². The largest absolute Gasteiger partial charge is 0.487 e. The molecule has 0 bridgehead atoms. The fourth-order valence-corrected chi connectivity index (χ4v) is 6.07. The zero-order chi connectivity index (χ0) is 35.8. The lowest BCUT2D eigenvalue weighted by atomic mass is 9.99. The molecule has 1 aromatic heterocycles. The summed E-state index contributed by atoms with van der Waals surface area (Å²) in [4.78, 5) is 42.8. The van der Waals surface area contributed by atoms with E-state index in [1.807, 2.05) is 6.92 Å². The molecule has 11 nitrogen and oxygen atoms in total. The summed E-state index contributed by atoms with van der Waals surface area (Å²) < 4.78 is 43.3. The van der Waals surface area contributed by atoms with Crippen molar-refractivity contribution in [2.24, 2.45) is 0 Å². The number of alkyl halides is 2. The van der Waals surface area contributed by atoms with Crippen LogP contribution in [0.25, 0.3) is 0 Å². The van der Waals surface area contributed by atoms with Gasteiger partial charge in [-0.15, -0.1) is 0 Å². The molecule has 0 aliphatic carbocycles. The number of nitrogens with one attached hydrogen (secondary N) is 1. The molecule has 3 aromatic carbocycles. The molecule has 13 heteroatoms. The van der Waals surface area contributed by atoms with E-state index in [-0.39, 0.29) is 46.6 Å². The first-order chi connectivity index (χ1) is 23.7. The van der Waals surface area contributed by atoms with Gasteiger partial charge in [0.2, 0.25) is 0 Å². The maximum atomic E-state index is 15.2. The second-order valence-electron chi connectivity index (χ2n) is 13.3. The SMILES string of the molecule is CC1Cn2ncc(C(=O)Nc3ccc(OC4CCN(C(=O)OC(C)(C)C)C4)c(C#N)c3)c2C(=O)N1c1ccc(C(F)(F)c2ccccc2)cc1. The van der Waals surface area contributed by atoms with Gasteiger partial charge in [-0.2, -0.15) is 19.1 Å². The normalized spacial score (nSPS) is 17.6. The third kappa shape index (κ3) is 6.87. The number of carbonyl (C=O) groups is 3. The summed E-state index contributed by atoms with van der Waals surface area (Å²) in [6.45, 7) is 8.22. The van der Waals surface area contributed by atoms with Crippen LogP contribution < -0.4 is 15.0 Å². The van der Waals surface area contributed by atoms with Gasteiger partial charge in [-0.3, -0.25) is 14.3 Å². The first kappa shape index (κ1) is 34.1. The monoisotopic (exact) mass is 682 g/mol. The number of ether oxygens (including phenoxy) is 2. The number of hydrogen-bond donors (Lipinski definition) is 1. The van der Waals surface area contributed by atoms with Crippen molar-refractivity contribution in [3.05, 3.63) is 107 Å². The minimum absolute atomic E-state index is 0.0196. The number of fused-ring (bicyclic) bond motifs is 1. The van der Waals surface area contributed by atoms with Crippen molar-refractivity contribution in [2.45, 2.75) is 64.3 Å². The van der Waals surface area contributed by atoms with Crippen LogP contribution in [-0.4, -0.2) is 63.4 Å². The Morgan fingerprint density at radius 2 is 1.70 bits per heavy atom. The predicted molar refractivity (Wildman–Crippen MR) is 180 cm³/mol. The second kappa shape index (κ2) is 13.3. The zero-order valence-corrected chi connectivity index (χ0v) is 28.0. The Balaban J connectivity index is 1.15. The summed E-state index contributed by atoms with van der Waals surface area (Å²) in [5, 5.41) is 16.9. The average Bonchev–Trinajstić information content (AvgIpc) is 3.73. The van der Waals surface area contributed by atoms with E-state index in [1.54, 1.807) is 56.0 Å². The van der Waals surface area contributed by atoms with Crippen LogP contribution in [0.5, 0.6) is 5.75 Å². The number of likely N-dealkylation sites (tertiary alicyclic amines) is 1. The van der Waals surface area contributed by atoms with Gasteiger partial charge in [0.1, 0.15) is 29.2 Å². The molecular weight excluding hydrogens is 646 g/mol. The van der Waals surface area contributed by atoms with Crippen molar-refractivity contribution < 1.29 is 32.6 Å². The van der Waals surface area contributed by atoms with Crippen molar-refractivity contribution in [3.63, 3.8) is 0 Å². The summed E-state index contributed by atoms with van der Waals surface area (Å²) in [6, 6.07) is 19.3. The highest BCUT2D eigenvalue weighted by Gasteiger charge is 2.38. The van der Waals surface area contributed by atoms with Crippen LogP contribution in [0.3, 0.4) is 0 Å². The molecule has 2 unspecified atom stereocenters. The number of nitrogens with zero attached hydrogens (tertiary/aromatic N) is 5. The molecule has 2 aliphatic heterocycles. The summed E-state index contributed by atoms with van der Waals surface area (Å²) >= 11 is 0. The lowest BCUT2D eigenvalue weighted by molar-refractivity contribution is 0.0275. The average molecular weight is 683 g/mol. The Hall–Kier alpha value is -5.77. The minimum Gasteiger partial charge on any atom is -0.487 e. The van der Waals surface area contributed by atoms with Crippen LogP contribution in [-0.2, 0) is 17.2 Å². The van der Waals surface area contributed by atoms with Crippen LogP contribution in [0.4, 0.5) is 25.0 Å². The van der Waals surface area contributed by atoms with Crippen molar-refractivity contribution in [1.82, 2.24) is 14.7 Å². The highest BCUT2D eigenvalue weighted by molar-refractivity contribution is 6.15. The van der Waals surface area contributed by atoms with Gasteiger partial charge in [0.15, 0.2) is 0 Å². The van der Waals surface area contributed by atoms with E-state index in [1.165, 1.54) is 58.2 Å². The van der Waals surface area contributed by atoms with E-state index < -0.39 is 29.4 Å². The van der Waals surface area contributed by atoms with Crippen molar-refractivity contribution in [3.8, 4) is 11.8 Å². The molecule has 2 atom stereocenters. The number of aromatic nitrogens is 2. The molecule has 3 heterocycles. The van der Waals surface area contributed by atoms with Gasteiger partial charge in [0.25, 0.3) is 17.7 Å². The smallest absolute Gasteiger partial charge is 0.410 e. The summed E-state index contributed by atoms with van der Waals surface area (Å²) in [5.41, 5.74) is -0.0320. The fraction of sp³-hybridized carbons (Fsp3) is 0.324. The Morgan fingerprint density at radius 3 is 2.38 bits per heavy atom. The molecule has 2 aliphatic rings. The van der Waals surface area contributed by atoms with E-state index in [4.69, 9.17) is 9.47 Å². The molecule has 1 fully saturated rings. The molecule has 0 spiro atoms. The van der Waals surface area contributed by atoms with E-state index in [9.17, 15) is 19.6 Å². The number of hydrogen-bond acceptors (Lipinski definition) is 7. The third-order valence-corrected chi connectivity index (χ3v) is 8.48. The minimum atomic E-state index is -3.23. The summed E-state index contributed by atoms with van der Waals surface area (Å²) in [7, 11) is 0. The topological polar surface area (TPSA) is 130 Å². The van der Waals surface area contributed by atoms with E-state index in [0.29, 0.717) is 36.6 Å². The molecule has 1 N–H and O–H groups in total. The maximum absolute atomic E-state index is 15.2. The lowest BCUT2D eigenvalue weighted by Gasteiger charge is -2.34. The van der Waals surface area contributed by atoms with E-state index in [2.05, 4.69) is 16.5 Å². The van der Waals surface area contributed by atoms with Gasteiger partial charge >= 0.3 is 6.09 Å². The number of carbonyl (C=O) groups excluding carboxylic acids is 3. The summed E-state index contributed by atoms with van der Waals surface area (Å²) in [6.07, 6.45) is 1.09. The second-order valence-corrected chi connectivity index (χ2v) is 13.3. The first-order valence-corrected chi connectivity index (χ1v) is 16.2. The van der Waals surface area contributed by atoms with E-state index >= 15 is 8.78 Å². The zero-order valence-electron chi connectivity index (χ0n) is 28.0. The standard InChI is InChI=1S/C37H36F2N6O5/c1-23-21-44-32(34(47)45(23)28-13-10-26(11-14-28)37(38,39)25-8-6-5-7-9-25)30(20-41-44)33(46)42-27-12-15-31(24(18-27)19-40)49-29-16-17-43(22-29)35(48)50-36(2,3)4/h5-15,18,20,23,29H,16-17,21-22H2,1-4H3,(H,42,46). The van der Waals surface area contributed by atoms with Crippen molar-refractivity contribution in [1.29, 1.82) is 5.26 Å². The predicted octanol–water partition coefficient (Wildman–Crippen LogP) is 6.58. The Labute approximate surface area is 288 Å². The van der Waals surface area contributed by atoms with E-state index in [0.717, 1.165) is 0 Å². The van der Waals surface area contributed by atoms with Gasteiger partial charge in [-0.05, 0) is 58.0 Å². The molecule has 0 saturated carbocycles. The van der Waals surface area contributed by atoms with Crippen molar-refractivity contribution in [2.75, 3.05) is 23.3 Å². The lowest BCUT2D eigenvalue weighted by Crippen LogP contribution is -2.47. The molecule has 3 amide bonds. The van der Waals surface area contributed by atoms with Crippen LogP contribution in [0.1, 0.15) is 71.7 Å². The highest BCUT2D eigenvalue weighted by atomic mass is 19.3. The number of rotatable bonds is 7. The Morgan fingerprint density at radius 1 is 1.00 bits per heavy atom. The molecule has 1 saturated heterocycles. The van der Waals surface area contributed by atoms with Crippen LogP contribution in [0.15, 0.2) is 79.0 Å². The first-order valence-electron chi connectivity index (χ1n) is 16.2. The Bertz CT molecular complexity index is 1970. The molecule has 4 aromatic rings. The number of amides is 3. The quantitative estimate of drug-likeness (QED) is 0.233. The van der Waals surface area contributed by atoms with Gasteiger partial charge in [-0.25, -0.2) is 4.79 Å². The van der Waals surface area contributed by atoms with Crippen LogP contribution in [0.2, 0.25) is 0 Å². The number of nitriles is 1.